The molecule has 2 heteroatoms. The monoisotopic (exact) mass is 254 g/mol. The van der Waals surface area contributed by atoms with Gasteiger partial charge in [-0.2, -0.15) is 0 Å². The maximum Gasteiger partial charge on any atom is 0.0390 e. The summed E-state index contributed by atoms with van der Waals surface area (Å²) in [5, 5.41) is 1.36. The van der Waals surface area contributed by atoms with Crippen LogP contribution in [0.15, 0.2) is 22.7 Å². The van der Waals surface area contributed by atoms with Crippen LogP contribution < -0.4 is 0 Å². The molecule has 0 amide bonds. The van der Waals surface area contributed by atoms with Gasteiger partial charge in [0.05, 0.1) is 0 Å². The lowest BCUT2D eigenvalue weighted by molar-refractivity contribution is 1.15. The predicted molar refractivity (Wildman–Crippen MR) is 63.6 cm³/mol. The van der Waals surface area contributed by atoms with Crippen LogP contribution in [0.2, 0.25) is 0 Å². The second-order valence-electron chi connectivity index (χ2n) is 3.16. The van der Waals surface area contributed by atoms with Gasteiger partial charge in [-0.25, -0.2) is 0 Å². The fourth-order valence-corrected chi connectivity index (χ4v) is 3.10. The molecule has 0 saturated carbocycles. The van der Waals surface area contributed by atoms with E-state index < -0.39 is 0 Å². The van der Waals surface area contributed by atoms with E-state index in [2.05, 4.69) is 48.0 Å². The van der Waals surface area contributed by atoms with Gasteiger partial charge in [0.1, 0.15) is 0 Å². The number of rotatable bonds is 1. The van der Waals surface area contributed by atoms with Crippen molar-refractivity contribution in [3.05, 3.63) is 33.1 Å². The first-order chi connectivity index (χ1) is 6.22. The Kier molecular flexibility index (Phi) is 2.43. The molecule has 0 aliphatic heterocycles. The highest BCUT2D eigenvalue weighted by molar-refractivity contribution is 9.10. The summed E-state index contributed by atoms with van der Waals surface area (Å²) in [5.41, 5.74) is 1.41. The van der Waals surface area contributed by atoms with Gasteiger partial charge in [0, 0.05) is 19.4 Å². The van der Waals surface area contributed by atoms with Crippen molar-refractivity contribution >= 4 is 37.4 Å². The summed E-state index contributed by atoms with van der Waals surface area (Å²) in [6.07, 6.45) is 1.11. The van der Waals surface area contributed by atoms with E-state index in [1.807, 2.05) is 11.3 Å². The molecule has 0 unspecified atom stereocenters. The molecule has 0 atom stereocenters. The van der Waals surface area contributed by atoms with Crippen LogP contribution in [0, 0.1) is 6.92 Å². The zero-order chi connectivity index (χ0) is 9.42. The summed E-state index contributed by atoms with van der Waals surface area (Å²) in [5.74, 6) is 0. The van der Waals surface area contributed by atoms with Crippen molar-refractivity contribution in [2.75, 3.05) is 0 Å². The second kappa shape index (κ2) is 3.43. The fraction of sp³-hybridized carbons (Fsp3) is 0.273. The van der Waals surface area contributed by atoms with Crippen molar-refractivity contribution in [1.82, 2.24) is 0 Å². The molecular weight excluding hydrogens is 244 g/mol. The molecule has 0 saturated heterocycles. The highest BCUT2D eigenvalue weighted by Crippen LogP contribution is 2.35. The van der Waals surface area contributed by atoms with Crippen LogP contribution in [0.25, 0.3) is 10.1 Å². The van der Waals surface area contributed by atoms with E-state index in [0.717, 1.165) is 6.42 Å². The zero-order valence-electron chi connectivity index (χ0n) is 7.73. The number of thiophene rings is 1. The highest BCUT2D eigenvalue weighted by atomic mass is 79.9. The Bertz CT molecular complexity index is 443. The van der Waals surface area contributed by atoms with Gasteiger partial charge in [0.2, 0.25) is 0 Å². The lowest BCUT2D eigenvalue weighted by Crippen LogP contribution is -1.77. The number of hydrogen-bond acceptors (Lipinski definition) is 1. The quantitative estimate of drug-likeness (QED) is 0.702. The third-order valence-electron chi connectivity index (χ3n) is 2.26. The fourth-order valence-electron chi connectivity index (χ4n) is 1.46. The molecule has 1 heterocycles. The van der Waals surface area contributed by atoms with Gasteiger partial charge in [-0.3, -0.25) is 0 Å². The Labute approximate surface area is 90.7 Å². The van der Waals surface area contributed by atoms with Crippen molar-refractivity contribution < 1.29 is 0 Å². The summed E-state index contributed by atoms with van der Waals surface area (Å²) < 4.78 is 2.64. The van der Waals surface area contributed by atoms with Gasteiger partial charge in [0.25, 0.3) is 0 Å². The Hall–Kier alpha value is -0.340. The molecule has 13 heavy (non-hydrogen) atoms. The highest BCUT2D eigenvalue weighted by Gasteiger charge is 2.05. The second-order valence-corrected chi connectivity index (χ2v) is 5.21. The van der Waals surface area contributed by atoms with Crippen LogP contribution in [-0.2, 0) is 6.42 Å². The van der Waals surface area contributed by atoms with E-state index in [9.17, 15) is 0 Å². The number of halogens is 1. The van der Waals surface area contributed by atoms with Crippen LogP contribution in [0.1, 0.15) is 17.4 Å². The lowest BCUT2D eigenvalue weighted by atomic mass is 10.1. The molecule has 0 fully saturated rings. The molecule has 0 nitrogen and oxygen atoms in total. The van der Waals surface area contributed by atoms with Crippen LogP contribution in [0.3, 0.4) is 0 Å². The first-order valence-electron chi connectivity index (χ1n) is 4.40. The maximum absolute atomic E-state index is 3.62. The summed E-state index contributed by atoms with van der Waals surface area (Å²) in [6.45, 7) is 4.34. The Morgan fingerprint density at radius 2 is 2.15 bits per heavy atom. The van der Waals surface area contributed by atoms with Crippen LogP contribution >= 0.6 is 27.3 Å². The minimum absolute atomic E-state index is 1.11. The van der Waals surface area contributed by atoms with Crippen LogP contribution in [0.5, 0.6) is 0 Å². The third-order valence-corrected chi connectivity index (χ3v) is 4.63. The van der Waals surface area contributed by atoms with Gasteiger partial charge < -0.3 is 0 Å². The molecule has 0 aliphatic rings. The first kappa shape index (κ1) is 9.22. The van der Waals surface area contributed by atoms with E-state index in [1.54, 1.807) is 0 Å². The largest absolute Gasteiger partial charge is 0.139 e. The molecule has 0 spiro atoms. The van der Waals surface area contributed by atoms with Gasteiger partial charge in [0.15, 0.2) is 0 Å². The molecule has 1 aromatic heterocycles. The summed E-state index contributed by atoms with van der Waals surface area (Å²) in [6, 6.07) is 6.71. The number of benzene rings is 1. The molecule has 1 aromatic carbocycles. The Balaban J connectivity index is 2.75. The molecule has 2 rings (SSSR count). The van der Waals surface area contributed by atoms with Gasteiger partial charge in [-0.15, -0.1) is 11.3 Å². The smallest absolute Gasteiger partial charge is 0.0390 e. The average Bonchev–Trinajstić information content (AvgIpc) is 2.43. The van der Waals surface area contributed by atoms with Gasteiger partial charge >= 0.3 is 0 Å². The number of aryl methyl sites for hydroxylation is 2. The van der Waals surface area contributed by atoms with E-state index in [-0.39, 0.29) is 0 Å². The summed E-state index contributed by atoms with van der Waals surface area (Å²) >= 11 is 5.48. The maximum atomic E-state index is 3.62. The predicted octanol–water partition coefficient (Wildman–Crippen LogP) is 4.53. The normalized spacial score (nSPS) is 11.0. The Morgan fingerprint density at radius 3 is 2.85 bits per heavy atom. The van der Waals surface area contributed by atoms with Crippen LogP contribution in [0.4, 0.5) is 0 Å². The molecule has 0 radical (unpaired) electrons. The van der Waals surface area contributed by atoms with Crippen molar-refractivity contribution in [3.8, 4) is 0 Å². The third kappa shape index (κ3) is 1.53. The number of hydrogen-bond donors (Lipinski definition) is 0. The Morgan fingerprint density at radius 1 is 1.38 bits per heavy atom. The summed E-state index contributed by atoms with van der Waals surface area (Å²) in [7, 11) is 0. The van der Waals surface area contributed by atoms with E-state index in [4.69, 9.17) is 0 Å². The zero-order valence-corrected chi connectivity index (χ0v) is 10.1. The van der Waals surface area contributed by atoms with Crippen molar-refractivity contribution in [3.63, 3.8) is 0 Å². The SMILES string of the molecule is CCc1ccc2sc(C)c(Br)c2c1. The van der Waals surface area contributed by atoms with E-state index in [1.165, 1.54) is 25.0 Å². The van der Waals surface area contributed by atoms with Crippen molar-refractivity contribution in [2.24, 2.45) is 0 Å². The first-order valence-corrected chi connectivity index (χ1v) is 6.01. The molecule has 0 aliphatic carbocycles. The minimum Gasteiger partial charge on any atom is -0.139 e. The molecule has 0 bridgehead atoms. The van der Waals surface area contributed by atoms with Gasteiger partial charge in [-0.05, 0) is 47.0 Å². The molecule has 0 N–H and O–H groups in total. The van der Waals surface area contributed by atoms with E-state index in [0.29, 0.717) is 0 Å². The summed E-state index contributed by atoms with van der Waals surface area (Å²) in [4.78, 5) is 1.36. The minimum atomic E-state index is 1.11. The molecular formula is C11H11BrS. The van der Waals surface area contributed by atoms with Crippen LogP contribution in [-0.4, -0.2) is 0 Å². The lowest BCUT2D eigenvalue weighted by Gasteiger charge is -1.96. The van der Waals surface area contributed by atoms with Gasteiger partial charge in [-0.1, -0.05) is 13.0 Å². The average molecular weight is 255 g/mol. The molecule has 2 aromatic rings. The number of fused-ring (bicyclic) bond motifs is 1. The van der Waals surface area contributed by atoms with Crippen molar-refractivity contribution in [2.45, 2.75) is 20.3 Å². The molecule has 68 valence electrons. The van der Waals surface area contributed by atoms with Crippen molar-refractivity contribution in [1.29, 1.82) is 0 Å². The standard InChI is InChI=1S/C11H11BrS/c1-3-8-4-5-10-9(6-8)11(12)7(2)13-10/h4-6H,3H2,1-2H3. The topological polar surface area (TPSA) is 0 Å². The van der Waals surface area contributed by atoms with E-state index >= 15 is 0 Å².